The monoisotopic (exact) mass is 304 g/mol. The second kappa shape index (κ2) is 6.54. The number of para-hydroxylation sites is 1. The van der Waals surface area contributed by atoms with Crippen LogP contribution < -0.4 is 4.74 Å². The molecule has 0 amide bonds. The van der Waals surface area contributed by atoms with Crippen LogP contribution in [0.2, 0.25) is 0 Å². The van der Waals surface area contributed by atoms with E-state index < -0.39 is 9.84 Å². The molecule has 0 bridgehead atoms. The highest BCUT2D eigenvalue weighted by Crippen LogP contribution is 2.24. The SMILES string of the molecule is COc1ccccc1S(=O)(=O)CCC(=O)c1ccccc1. The van der Waals surface area contributed by atoms with Crippen LogP contribution in [-0.2, 0) is 9.84 Å². The number of rotatable bonds is 6. The normalized spacial score (nSPS) is 11.1. The number of ketones is 1. The number of sulfone groups is 1. The number of hydrogen-bond acceptors (Lipinski definition) is 4. The van der Waals surface area contributed by atoms with Crippen LogP contribution in [0.1, 0.15) is 16.8 Å². The highest BCUT2D eigenvalue weighted by Gasteiger charge is 2.20. The fraction of sp³-hybridized carbons (Fsp3) is 0.188. The molecule has 4 nitrogen and oxygen atoms in total. The third-order valence-corrected chi connectivity index (χ3v) is 4.85. The number of Topliss-reactive ketones (excluding diaryl/α,β-unsaturated/α-hetero) is 1. The van der Waals surface area contributed by atoms with Gasteiger partial charge in [0.15, 0.2) is 15.6 Å². The van der Waals surface area contributed by atoms with Crippen LogP contribution in [0.5, 0.6) is 5.75 Å². The van der Waals surface area contributed by atoms with E-state index in [1.807, 2.05) is 6.07 Å². The molecule has 2 rings (SSSR count). The molecule has 2 aromatic rings. The summed E-state index contributed by atoms with van der Waals surface area (Å²) >= 11 is 0. The van der Waals surface area contributed by atoms with E-state index in [0.29, 0.717) is 11.3 Å². The Labute approximate surface area is 124 Å². The van der Waals surface area contributed by atoms with Crippen LogP contribution in [-0.4, -0.2) is 27.1 Å². The maximum atomic E-state index is 12.3. The lowest BCUT2D eigenvalue weighted by Crippen LogP contribution is -2.12. The van der Waals surface area contributed by atoms with Crippen molar-refractivity contribution in [3.63, 3.8) is 0 Å². The van der Waals surface area contributed by atoms with Gasteiger partial charge in [0.05, 0.1) is 12.9 Å². The van der Waals surface area contributed by atoms with Gasteiger partial charge in [-0.15, -0.1) is 0 Å². The highest BCUT2D eigenvalue weighted by molar-refractivity contribution is 7.91. The summed E-state index contributed by atoms with van der Waals surface area (Å²) in [6.45, 7) is 0. The molecule has 21 heavy (non-hydrogen) atoms. The Morgan fingerprint density at radius 1 is 1.00 bits per heavy atom. The number of carbonyl (C=O) groups excluding carboxylic acids is 1. The zero-order chi connectivity index (χ0) is 15.3. The molecule has 0 fully saturated rings. The lowest BCUT2D eigenvalue weighted by atomic mass is 10.1. The summed E-state index contributed by atoms with van der Waals surface area (Å²) in [6, 6.07) is 15.1. The summed E-state index contributed by atoms with van der Waals surface area (Å²) in [7, 11) is -2.13. The number of ether oxygens (including phenoxy) is 1. The van der Waals surface area contributed by atoms with Crippen LogP contribution in [0.3, 0.4) is 0 Å². The summed E-state index contributed by atoms with van der Waals surface area (Å²) in [5.41, 5.74) is 0.521. The van der Waals surface area contributed by atoms with Gasteiger partial charge in [0, 0.05) is 12.0 Å². The first-order chi connectivity index (χ1) is 10.0. The summed E-state index contributed by atoms with van der Waals surface area (Å²) in [6.07, 6.45) is -0.0512. The summed E-state index contributed by atoms with van der Waals surface area (Å²) in [5, 5.41) is 0. The maximum Gasteiger partial charge on any atom is 0.182 e. The van der Waals surface area contributed by atoms with E-state index in [2.05, 4.69) is 0 Å². The standard InChI is InChI=1S/C16H16O4S/c1-20-15-9-5-6-10-16(15)21(18,19)12-11-14(17)13-7-3-2-4-8-13/h2-10H,11-12H2,1H3. The lowest BCUT2D eigenvalue weighted by molar-refractivity contribution is 0.0988. The number of methoxy groups -OCH3 is 1. The summed E-state index contributed by atoms with van der Waals surface area (Å²) < 4.78 is 29.7. The molecule has 0 atom stereocenters. The molecule has 0 unspecified atom stereocenters. The Kier molecular flexibility index (Phi) is 4.75. The van der Waals surface area contributed by atoms with Gasteiger partial charge >= 0.3 is 0 Å². The van der Waals surface area contributed by atoms with Crippen molar-refractivity contribution in [1.29, 1.82) is 0 Å². The number of benzene rings is 2. The molecule has 0 spiro atoms. The zero-order valence-electron chi connectivity index (χ0n) is 11.7. The Morgan fingerprint density at radius 3 is 2.29 bits per heavy atom. The minimum atomic E-state index is -3.55. The Balaban J connectivity index is 2.14. The van der Waals surface area contributed by atoms with Gasteiger partial charge in [0.1, 0.15) is 10.6 Å². The van der Waals surface area contributed by atoms with Crippen molar-refractivity contribution in [3.8, 4) is 5.75 Å². The first-order valence-electron chi connectivity index (χ1n) is 6.48. The molecule has 110 valence electrons. The predicted molar refractivity (Wildman–Crippen MR) is 80.4 cm³/mol. The van der Waals surface area contributed by atoms with Gasteiger partial charge in [-0.1, -0.05) is 42.5 Å². The molecule has 0 N–H and O–H groups in total. The van der Waals surface area contributed by atoms with Crippen molar-refractivity contribution in [2.75, 3.05) is 12.9 Å². The van der Waals surface area contributed by atoms with Gasteiger partial charge < -0.3 is 4.74 Å². The molecule has 0 saturated carbocycles. The first kappa shape index (κ1) is 15.3. The molecule has 0 aliphatic heterocycles. The maximum absolute atomic E-state index is 12.3. The fourth-order valence-corrected chi connectivity index (χ4v) is 3.40. The average Bonchev–Trinajstić information content (AvgIpc) is 2.53. The fourth-order valence-electron chi connectivity index (χ4n) is 1.98. The average molecular weight is 304 g/mol. The Morgan fingerprint density at radius 2 is 1.62 bits per heavy atom. The van der Waals surface area contributed by atoms with Crippen molar-refractivity contribution >= 4 is 15.6 Å². The molecule has 2 aromatic carbocycles. The van der Waals surface area contributed by atoms with E-state index in [1.54, 1.807) is 42.5 Å². The lowest BCUT2D eigenvalue weighted by Gasteiger charge is -2.09. The zero-order valence-corrected chi connectivity index (χ0v) is 12.5. The minimum Gasteiger partial charge on any atom is -0.495 e. The largest absolute Gasteiger partial charge is 0.495 e. The molecule has 0 aliphatic rings. The van der Waals surface area contributed by atoms with Gasteiger partial charge in [-0.2, -0.15) is 0 Å². The van der Waals surface area contributed by atoms with Gasteiger partial charge in [-0.05, 0) is 12.1 Å². The van der Waals surface area contributed by atoms with E-state index in [0.717, 1.165) is 0 Å². The first-order valence-corrected chi connectivity index (χ1v) is 8.14. The summed E-state index contributed by atoms with van der Waals surface area (Å²) in [4.78, 5) is 12.1. The predicted octanol–water partition coefficient (Wildman–Crippen LogP) is 2.74. The van der Waals surface area contributed by atoms with E-state index in [1.165, 1.54) is 13.2 Å². The Hall–Kier alpha value is -2.14. The van der Waals surface area contributed by atoms with Crippen molar-refractivity contribution < 1.29 is 17.9 Å². The van der Waals surface area contributed by atoms with Gasteiger partial charge in [-0.25, -0.2) is 8.42 Å². The third kappa shape index (κ3) is 3.70. The van der Waals surface area contributed by atoms with Gasteiger partial charge in [0.2, 0.25) is 0 Å². The molecule has 0 aliphatic carbocycles. The van der Waals surface area contributed by atoms with E-state index in [4.69, 9.17) is 4.74 Å². The summed E-state index contributed by atoms with van der Waals surface area (Å²) in [5.74, 6) is -0.125. The quantitative estimate of drug-likeness (QED) is 0.770. The molecular weight excluding hydrogens is 288 g/mol. The van der Waals surface area contributed by atoms with Crippen molar-refractivity contribution in [2.45, 2.75) is 11.3 Å². The van der Waals surface area contributed by atoms with Crippen molar-refractivity contribution in [1.82, 2.24) is 0 Å². The molecule has 5 heteroatoms. The van der Waals surface area contributed by atoms with E-state index in [-0.39, 0.29) is 22.9 Å². The minimum absolute atomic E-state index is 0.0512. The highest BCUT2D eigenvalue weighted by atomic mass is 32.2. The van der Waals surface area contributed by atoms with Crippen LogP contribution in [0.15, 0.2) is 59.5 Å². The molecular formula is C16H16O4S. The molecule has 0 radical (unpaired) electrons. The second-order valence-electron chi connectivity index (χ2n) is 4.51. The van der Waals surface area contributed by atoms with Gasteiger partial charge in [-0.3, -0.25) is 4.79 Å². The van der Waals surface area contributed by atoms with E-state index in [9.17, 15) is 13.2 Å². The smallest absolute Gasteiger partial charge is 0.182 e. The van der Waals surface area contributed by atoms with E-state index >= 15 is 0 Å². The van der Waals surface area contributed by atoms with Crippen LogP contribution in [0, 0.1) is 0 Å². The Bertz CT molecular complexity index is 721. The van der Waals surface area contributed by atoms with Crippen molar-refractivity contribution in [2.24, 2.45) is 0 Å². The molecule has 0 saturated heterocycles. The van der Waals surface area contributed by atoms with Gasteiger partial charge in [0.25, 0.3) is 0 Å². The van der Waals surface area contributed by atoms with Crippen molar-refractivity contribution in [3.05, 3.63) is 60.2 Å². The van der Waals surface area contributed by atoms with Crippen LogP contribution >= 0.6 is 0 Å². The molecule has 0 heterocycles. The second-order valence-corrected chi connectivity index (χ2v) is 6.59. The third-order valence-electron chi connectivity index (χ3n) is 3.10. The number of hydrogen-bond donors (Lipinski definition) is 0. The van der Waals surface area contributed by atoms with Crippen LogP contribution in [0.4, 0.5) is 0 Å². The topological polar surface area (TPSA) is 60.4 Å². The number of carbonyl (C=O) groups is 1. The molecule has 0 aromatic heterocycles. The van der Waals surface area contributed by atoms with Crippen LogP contribution in [0.25, 0.3) is 0 Å².